The summed E-state index contributed by atoms with van der Waals surface area (Å²) < 4.78 is 11.7. The Morgan fingerprint density at radius 3 is 2.23 bits per heavy atom. The second kappa shape index (κ2) is 7.10. The maximum Gasteiger partial charge on any atom is 0.313 e. The van der Waals surface area contributed by atoms with Gasteiger partial charge in [-0.25, -0.2) is 0 Å². The number of esters is 1. The molecule has 2 fully saturated rings. The zero-order chi connectivity index (χ0) is 20.9. The molecule has 1 spiro atoms. The SMILES string of the molecule is CC(C)OC(=O)[C@@H]1[C@@H]2C=C[C@]3(CN(C(c4ccccc4)c4ccccc4)C(=O)[C@H]13)O2. The van der Waals surface area contributed by atoms with Crippen LogP contribution in [-0.4, -0.2) is 41.1 Å². The van der Waals surface area contributed by atoms with Crippen molar-refractivity contribution in [2.24, 2.45) is 11.8 Å². The first kappa shape index (κ1) is 19.1. The van der Waals surface area contributed by atoms with Crippen molar-refractivity contribution in [3.63, 3.8) is 0 Å². The summed E-state index contributed by atoms with van der Waals surface area (Å²) in [4.78, 5) is 28.5. The average molecular weight is 403 g/mol. The number of ether oxygens (including phenoxy) is 2. The van der Waals surface area contributed by atoms with Crippen LogP contribution in [0.15, 0.2) is 72.8 Å². The number of hydrogen-bond acceptors (Lipinski definition) is 4. The smallest absolute Gasteiger partial charge is 0.313 e. The molecule has 5 nitrogen and oxygen atoms in total. The fourth-order valence-corrected chi connectivity index (χ4v) is 5.15. The van der Waals surface area contributed by atoms with E-state index < -0.39 is 17.4 Å². The molecule has 0 aliphatic carbocycles. The predicted octanol–water partition coefficient (Wildman–Crippen LogP) is 3.51. The quantitative estimate of drug-likeness (QED) is 0.566. The van der Waals surface area contributed by atoms with Gasteiger partial charge < -0.3 is 14.4 Å². The Morgan fingerprint density at radius 2 is 1.67 bits per heavy atom. The van der Waals surface area contributed by atoms with Crippen LogP contribution in [0.5, 0.6) is 0 Å². The highest BCUT2D eigenvalue weighted by atomic mass is 16.6. The monoisotopic (exact) mass is 403 g/mol. The van der Waals surface area contributed by atoms with Crippen molar-refractivity contribution in [2.45, 2.75) is 37.7 Å². The van der Waals surface area contributed by atoms with E-state index in [9.17, 15) is 9.59 Å². The molecule has 3 heterocycles. The fourth-order valence-electron chi connectivity index (χ4n) is 5.15. The van der Waals surface area contributed by atoms with Gasteiger partial charge in [-0.05, 0) is 25.0 Å². The Balaban J connectivity index is 1.54. The van der Waals surface area contributed by atoms with Crippen molar-refractivity contribution in [1.82, 2.24) is 4.90 Å². The molecule has 5 heteroatoms. The summed E-state index contributed by atoms with van der Waals surface area (Å²) in [7, 11) is 0. The highest BCUT2D eigenvalue weighted by molar-refractivity contribution is 5.91. The van der Waals surface area contributed by atoms with Gasteiger partial charge in [0.15, 0.2) is 0 Å². The number of fused-ring (bicyclic) bond motifs is 1. The van der Waals surface area contributed by atoms with E-state index in [0.29, 0.717) is 6.54 Å². The largest absolute Gasteiger partial charge is 0.463 e. The zero-order valence-electron chi connectivity index (χ0n) is 17.1. The molecule has 0 radical (unpaired) electrons. The first-order valence-electron chi connectivity index (χ1n) is 10.5. The van der Waals surface area contributed by atoms with Gasteiger partial charge in [0.1, 0.15) is 11.5 Å². The summed E-state index contributed by atoms with van der Waals surface area (Å²) in [6, 6.07) is 19.8. The van der Waals surface area contributed by atoms with E-state index in [-0.39, 0.29) is 30.1 Å². The van der Waals surface area contributed by atoms with Crippen LogP contribution in [0.25, 0.3) is 0 Å². The minimum atomic E-state index is -0.760. The average Bonchev–Trinajstić information content (AvgIpc) is 3.38. The van der Waals surface area contributed by atoms with Crippen molar-refractivity contribution >= 4 is 11.9 Å². The van der Waals surface area contributed by atoms with Crippen LogP contribution in [0.2, 0.25) is 0 Å². The Hall–Kier alpha value is -2.92. The number of carbonyl (C=O) groups is 2. The number of rotatable bonds is 5. The van der Waals surface area contributed by atoms with Crippen LogP contribution >= 0.6 is 0 Å². The minimum Gasteiger partial charge on any atom is -0.463 e. The normalized spacial score (nSPS) is 29.1. The number of benzene rings is 2. The third-order valence-corrected chi connectivity index (χ3v) is 6.30. The van der Waals surface area contributed by atoms with Crippen LogP contribution in [0.3, 0.4) is 0 Å². The molecule has 0 saturated carbocycles. The van der Waals surface area contributed by atoms with Gasteiger partial charge in [-0.15, -0.1) is 0 Å². The van der Waals surface area contributed by atoms with Crippen molar-refractivity contribution in [3.8, 4) is 0 Å². The molecule has 154 valence electrons. The fraction of sp³-hybridized carbons (Fsp3) is 0.360. The number of likely N-dealkylation sites (tertiary alicyclic amines) is 1. The van der Waals surface area contributed by atoms with Crippen molar-refractivity contribution in [2.75, 3.05) is 6.54 Å². The lowest BCUT2D eigenvalue weighted by atomic mass is 9.77. The summed E-state index contributed by atoms with van der Waals surface area (Å²) in [5.74, 6) is -1.54. The van der Waals surface area contributed by atoms with Crippen LogP contribution in [0, 0.1) is 11.8 Å². The van der Waals surface area contributed by atoms with Crippen LogP contribution < -0.4 is 0 Å². The van der Waals surface area contributed by atoms with Crippen molar-refractivity contribution in [1.29, 1.82) is 0 Å². The van der Waals surface area contributed by atoms with Gasteiger partial charge in [-0.3, -0.25) is 9.59 Å². The number of carbonyl (C=O) groups excluding carboxylic acids is 2. The van der Waals surface area contributed by atoms with E-state index in [4.69, 9.17) is 9.47 Å². The molecule has 4 atom stereocenters. The second-order valence-corrected chi connectivity index (χ2v) is 8.58. The molecule has 3 aliphatic heterocycles. The minimum absolute atomic E-state index is 0.0507. The van der Waals surface area contributed by atoms with Crippen molar-refractivity contribution in [3.05, 3.63) is 83.9 Å². The Labute approximate surface area is 176 Å². The van der Waals surface area contributed by atoms with Gasteiger partial charge in [0, 0.05) is 0 Å². The summed E-state index contributed by atoms with van der Waals surface area (Å²) in [5.41, 5.74) is 1.31. The molecule has 2 saturated heterocycles. The summed E-state index contributed by atoms with van der Waals surface area (Å²) >= 11 is 0. The van der Waals surface area contributed by atoms with E-state index in [1.54, 1.807) is 0 Å². The lowest BCUT2D eigenvalue weighted by molar-refractivity contribution is -0.157. The second-order valence-electron chi connectivity index (χ2n) is 8.58. The lowest BCUT2D eigenvalue weighted by Crippen LogP contribution is -2.40. The van der Waals surface area contributed by atoms with E-state index in [1.165, 1.54) is 0 Å². The van der Waals surface area contributed by atoms with Gasteiger partial charge in [-0.1, -0.05) is 72.8 Å². The van der Waals surface area contributed by atoms with Gasteiger partial charge in [-0.2, -0.15) is 0 Å². The third kappa shape index (κ3) is 2.88. The number of hydrogen-bond donors (Lipinski definition) is 0. The molecule has 0 N–H and O–H groups in total. The standard InChI is InChI=1S/C25H25NO4/c1-16(2)29-24(28)20-19-13-14-25(30-19)15-26(23(27)21(20)25)22(17-9-5-3-6-10-17)18-11-7-4-8-12-18/h3-14,16,19-22H,15H2,1-2H3/t19-,20+,21-,25+/m0/s1. The van der Waals surface area contributed by atoms with Crippen molar-refractivity contribution < 1.29 is 19.1 Å². The molecule has 30 heavy (non-hydrogen) atoms. The third-order valence-electron chi connectivity index (χ3n) is 6.30. The molecule has 3 aliphatic rings. The molecule has 0 aromatic heterocycles. The summed E-state index contributed by atoms with van der Waals surface area (Å²) in [5, 5.41) is 0. The highest BCUT2D eigenvalue weighted by Gasteiger charge is 2.68. The van der Waals surface area contributed by atoms with E-state index in [0.717, 1.165) is 11.1 Å². The first-order chi connectivity index (χ1) is 14.5. The number of nitrogens with zero attached hydrogens (tertiary/aromatic N) is 1. The molecule has 2 aromatic carbocycles. The molecule has 0 unspecified atom stereocenters. The van der Waals surface area contributed by atoms with E-state index in [1.807, 2.05) is 91.6 Å². The zero-order valence-corrected chi connectivity index (χ0v) is 17.1. The maximum atomic E-state index is 13.8. The van der Waals surface area contributed by atoms with Gasteiger partial charge in [0.05, 0.1) is 30.7 Å². The van der Waals surface area contributed by atoms with E-state index in [2.05, 4.69) is 0 Å². The predicted molar refractivity (Wildman–Crippen MR) is 111 cm³/mol. The van der Waals surface area contributed by atoms with Crippen LogP contribution in [0.4, 0.5) is 0 Å². The highest BCUT2D eigenvalue weighted by Crippen LogP contribution is 2.54. The van der Waals surface area contributed by atoms with Gasteiger partial charge in [0.2, 0.25) is 5.91 Å². The van der Waals surface area contributed by atoms with Crippen LogP contribution in [-0.2, 0) is 19.1 Å². The van der Waals surface area contributed by atoms with Gasteiger partial charge >= 0.3 is 5.97 Å². The summed E-state index contributed by atoms with van der Waals surface area (Å²) in [6.07, 6.45) is 3.27. The molecular weight excluding hydrogens is 378 g/mol. The molecule has 2 aromatic rings. The Bertz CT molecular complexity index is 947. The molecule has 1 amide bonds. The molecular formula is C25H25NO4. The van der Waals surface area contributed by atoms with Crippen LogP contribution in [0.1, 0.15) is 31.0 Å². The Morgan fingerprint density at radius 1 is 1.07 bits per heavy atom. The van der Waals surface area contributed by atoms with Gasteiger partial charge in [0.25, 0.3) is 0 Å². The first-order valence-corrected chi connectivity index (χ1v) is 10.5. The summed E-state index contributed by atoms with van der Waals surface area (Å²) in [6.45, 7) is 4.06. The number of amides is 1. The Kier molecular flexibility index (Phi) is 4.51. The molecule has 2 bridgehead atoms. The molecule has 5 rings (SSSR count). The maximum absolute atomic E-state index is 13.8. The lowest BCUT2D eigenvalue weighted by Gasteiger charge is -2.31. The topological polar surface area (TPSA) is 55.8 Å². The van der Waals surface area contributed by atoms with E-state index >= 15 is 0 Å².